The van der Waals surface area contributed by atoms with E-state index in [-0.39, 0.29) is 10.7 Å². The topological polar surface area (TPSA) is 60.2 Å². The van der Waals surface area contributed by atoms with Crippen molar-refractivity contribution in [3.05, 3.63) is 60.2 Å². The molecule has 0 aliphatic heterocycles. The van der Waals surface area contributed by atoms with Crippen LogP contribution in [-0.2, 0) is 0 Å². The van der Waals surface area contributed by atoms with E-state index in [1.165, 1.54) is 0 Å². The summed E-state index contributed by atoms with van der Waals surface area (Å²) in [4.78, 5) is 0.281. The van der Waals surface area contributed by atoms with Crippen molar-refractivity contribution >= 4 is 34.3 Å². The Morgan fingerprint density at radius 3 is 2.33 bits per heavy atom. The number of rotatable bonds is 4. The molecule has 0 fully saturated rings. The summed E-state index contributed by atoms with van der Waals surface area (Å²) in [6, 6.07) is 19.1. The minimum absolute atomic E-state index is 0.134. The zero-order valence-corrected chi connectivity index (χ0v) is 12.3. The molecule has 5 heteroatoms. The van der Waals surface area contributed by atoms with Gasteiger partial charge in [-0.15, -0.1) is 0 Å². The molecule has 21 heavy (non-hydrogen) atoms. The van der Waals surface area contributed by atoms with E-state index in [9.17, 15) is 0 Å². The van der Waals surface area contributed by atoms with Gasteiger partial charge in [-0.05, 0) is 31.2 Å². The summed E-state index contributed by atoms with van der Waals surface area (Å²) in [7, 11) is 0. The summed E-state index contributed by atoms with van der Waals surface area (Å²) < 4.78 is 0. The van der Waals surface area contributed by atoms with Crippen LogP contribution >= 0.6 is 12.2 Å². The number of anilines is 2. The summed E-state index contributed by atoms with van der Waals surface area (Å²) in [5.41, 5.74) is 5.74. The van der Waals surface area contributed by atoms with Crippen LogP contribution in [0.5, 0.6) is 0 Å². The van der Waals surface area contributed by atoms with Crippen molar-refractivity contribution in [2.45, 2.75) is 6.92 Å². The highest BCUT2D eigenvalue weighted by molar-refractivity contribution is 7.82. The van der Waals surface area contributed by atoms with E-state index >= 15 is 0 Å². The van der Waals surface area contributed by atoms with Gasteiger partial charge in [0.15, 0.2) is 5.71 Å². The van der Waals surface area contributed by atoms with E-state index < -0.39 is 0 Å². The molecule has 0 amide bonds. The molecule has 0 aliphatic carbocycles. The minimum atomic E-state index is 0.134. The van der Waals surface area contributed by atoms with Gasteiger partial charge in [0.1, 0.15) is 11.1 Å². The lowest BCUT2D eigenvalue weighted by atomic mass is 10.2. The summed E-state index contributed by atoms with van der Waals surface area (Å²) in [5.74, 6) is 0. The molecule has 104 valence electrons. The second-order valence-corrected chi connectivity index (χ2v) is 4.78. The maximum absolute atomic E-state index is 9.15. The zero-order chi connectivity index (χ0) is 15.1. The fourth-order valence-corrected chi connectivity index (χ4v) is 1.80. The number of hydrazone groups is 1. The van der Waals surface area contributed by atoms with Crippen molar-refractivity contribution in [2.24, 2.45) is 5.10 Å². The largest absolute Gasteiger partial charge is 0.344 e. The second-order valence-electron chi connectivity index (χ2n) is 4.37. The van der Waals surface area contributed by atoms with Crippen LogP contribution in [0, 0.1) is 18.3 Å². The molecule has 0 spiro atoms. The number of hydrogen-bond acceptors (Lipinski definition) is 4. The molecule has 0 radical (unpaired) electrons. The Hall–Kier alpha value is -2.71. The van der Waals surface area contributed by atoms with Gasteiger partial charge in [0.05, 0.1) is 5.69 Å². The highest BCUT2D eigenvalue weighted by Gasteiger charge is 2.06. The monoisotopic (exact) mass is 294 g/mol. The first kappa shape index (κ1) is 14.7. The first-order chi connectivity index (χ1) is 10.2. The highest BCUT2D eigenvalue weighted by Crippen LogP contribution is 2.09. The third-order valence-electron chi connectivity index (χ3n) is 2.70. The van der Waals surface area contributed by atoms with Gasteiger partial charge in [-0.2, -0.15) is 10.4 Å². The normalized spacial score (nSPS) is 10.6. The number of benzene rings is 2. The lowest BCUT2D eigenvalue weighted by Gasteiger charge is -2.06. The molecule has 0 saturated heterocycles. The fourth-order valence-electron chi connectivity index (χ4n) is 1.59. The van der Waals surface area contributed by atoms with Crippen molar-refractivity contribution in [1.82, 2.24) is 0 Å². The van der Waals surface area contributed by atoms with E-state index in [0.29, 0.717) is 0 Å². The SMILES string of the molecule is Cc1ccc(NN=C(C#N)C(=S)Nc2ccccc2)cc1. The fraction of sp³-hybridized carbons (Fsp3) is 0.0625. The standard InChI is InChI=1S/C16H14N4S/c1-12-7-9-14(10-8-12)19-20-15(11-17)16(21)18-13-5-3-2-4-6-13/h2-10,19H,1H3,(H,18,21). The van der Waals surface area contributed by atoms with Crippen LogP contribution < -0.4 is 10.7 Å². The maximum atomic E-state index is 9.15. The molecular formula is C16H14N4S. The van der Waals surface area contributed by atoms with Crippen LogP contribution in [0.3, 0.4) is 0 Å². The van der Waals surface area contributed by atoms with Crippen LogP contribution in [0.25, 0.3) is 0 Å². The van der Waals surface area contributed by atoms with E-state index in [1.807, 2.05) is 67.6 Å². The Balaban J connectivity index is 2.05. The molecule has 0 heterocycles. The maximum Gasteiger partial charge on any atom is 0.195 e. The van der Waals surface area contributed by atoms with E-state index in [2.05, 4.69) is 15.8 Å². The van der Waals surface area contributed by atoms with Crippen molar-refractivity contribution in [2.75, 3.05) is 10.7 Å². The molecule has 0 saturated carbocycles. The molecule has 0 atom stereocenters. The number of para-hydroxylation sites is 1. The number of hydrogen-bond donors (Lipinski definition) is 2. The Morgan fingerprint density at radius 2 is 1.71 bits per heavy atom. The van der Waals surface area contributed by atoms with Crippen molar-refractivity contribution < 1.29 is 0 Å². The van der Waals surface area contributed by atoms with Crippen molar-refractivity contribution in [3.63, 3.8) is 0 Å². The zero-order valence-electron chi connectivity index (χ0n) is 11.5. The average Bonchev–Trinajstić information content (AvgIpc) is 2.51. The summed E-state index contributed by atoms with van der Waals surface area (Å²) in [6.45, 7) is 2.01. The predicted molar refractivity (Wildman–Crippen MR) is 90.5 cm³/mol. The van der Waals surface area contributed by atoms with E-state index in [0.717, 1.165) is 16.9 Å². The van der Waals surface area contributed by atoms with Gasteiger partial charge in [-0.1, -0.05) is 48.1 Å². The molecule has 0 bridgehead atoms. The Labute approximate surface area is 129 Å². The molecule has 2 rings (SSSR count). The molecule has 4 nitrogen and oxygen atoms in total. The van der Waals surface area contributed by atoms with Crippen LogP contribution in [-0.4, -0.2) is 10.7 Å². The first-order valence-corrected chi connectivity index (χ1v) is 6.77. The number of nitrogens with one attached hydrogen (secondary N) is 2. The van der Waals surface area contributed by atoms with Gasteiger partial charge in [0.25, 0.3) is 0 Å². The Kier molecular flexibility index (Phi) is 5.02. The average molecular weight is 294 g/mol. The van der Waals surface area contributed by atoms with Crippen LogP contribution in [0.4, 0.5) is 11.4 Å². The molecule has 2 aromatic carbocycles. The summed E-state index contributed by atoms with van der Waals surface area (Å²) in [6.07, 6.45) is 0. The number of nitriles is 1. The number of aryl methyl sites for hydroxylation is 1. The van der Waals surface area contributed by atoms with Crippen molar-refractivity contribution in [1.29, 1.82) is 5.26 Å². The number of nitrogens with zero attached hydrogens (tertiary/aromatic N) is 2. The molecule has 2 aromatic rings. The molecular weight excluding hydrogens is 280 g/mol. The van der Waals surface area contributed by atoms with Gasteiger partial charge >= 0.3 is 0 Å². The van der Waals surface area contributed by atoms with Gasteiger partial charge in [0.2, 0.25) is 0 Å². The first-order valence-electron chi connectivity index (χ1n) is 6.36. The quantitative estimate of drug-likeness (QED) is 0.512. The highest BCUT2D eigenvalue weighted by atomic mass is 32.1. The molecule has 2 N–H and O–H groups in total. The Morgan fingerprint density at radius 1 is 1.05 bits per heavy atom. The van der Waals surface area contributed by atoms with Gasteiger partial charge < -0.3 is 5.32 Å². The third kappa shape index (κ3) is 4.41. The van der Waals surface area contributed by atoms with E-state index in [4.69, 9.17) is 17.5 Å². The molecule has 0 aliphatic rings. The molecule has 0 aromatic heterocycles. The third-order valence-corrected chi connectivity index (χ3v) is 3.00. The number of thiocarbonyl (C=S) groups is 1. The van der Waals surface area contributed by atoms with Gasteiger partial charge in [0, 0.05) is 5.69 Å². The van der Waals surface area contributed by atoms with Crippen LogP contribution in [0.15, 0.2) is 59.7 Å². The second kappa shape index (κ2) is 7.17. The summed E-state index contributed by atoms with van der Waals surface area (Å²) >= 11 is 5.19. The predicted octanol–water partition coefficient (Wildman–Crippen LogP) is 3.73. The van der Waals surface area contributed by atoms with Crippen molar-refractivity contribution in [3.8, 4) is 6.07 Å². The summed E-state index contributed by atoms with van der Waals surface area (Å²) in [5, 5.41) is 16.2. The minimum Gasteiger partial charge on any atom is -0.344 e. The van der Waals surface area contributed by atoms with Gasteiger partial charge in [-0.3, -0.25) is 5.43 Å². The van der Waals surface area contributed by atoms with Crippen LogP contribution in [0.1, 0.15) is 5.56 Å². The lowest BCUT2D eigenvalue weighted by molar-refractivity contribution is 1.33. The van der Waals surface area contributed by atoms with E-state index in [1.54, 1.807) is 0 Å². The van der Waals surface area contributed by atoms with Crippen LogP contribution in [0.2, 0.25) is 0 Å². The molecule has 0 unspecified atom stereocenters. The smallest absolute Gasteiger partial charge is 0.195 e. The van der Waals surface area contributed by atoms with Gasteiger partial charge in [-0.25, -0.2) is 0 Å². The lowest BCUT2D eigenvalue weighted by Crippen LogP contribution is -2.20. The Bertz CT molecular complexity index is 684.